The van der Waals surface area contributed by atoms with Gasteiger partial charge in [-0.3, -0.25) is 10.1 Å². The molecule has 4 rings (SSSR count). The standard InChI is InChI=1S/C18H12FN5O3S/c1-26-15-12(10-4-6-11(19)7-5-10)9-20-22-14(15)16(25)21-18-24-23-17(27-18)13-3-2-8-28-13/h2-9H,1H3,(H,21,24,25). The van der Waals surface area contributed by atoms with Crippen molar-refractivity contribution in [2.45, 2.75) is 0 Å². The molecular weight excluding hydrogens is 385 g/mol. The first-order chi connectivity index (χ1) is 13.7. The van der Waals surface area contributed by atoms with E-state index in [0.717, 1.165) is 4.88 Å². The summed E-state index contributed by atoms with van der Waals surface area (Å²) >= 11 is 1.43. The number of thiophene rings is 1. The molecule has 0 saturated heterocycles. The Morgan fingerprint density at radius 3 is 2.71 bits per heavy atom. The average molecular weight is 397 g/mol. The second-order valence-corrected chi connectivity index (χ2v) is 6.44. The molecule has 4 aromatic rings. The zero-order valence-corrected chi connectivity index (χ0v) is 15.2. The van der Waals surface area contributed by atoms with Gasteiger partial charge in [-0.15, -0.1) is 21.5 Å². The second kappa shape index (κ2) is 7.53. The molecule has 0 fully saturated rings. The fourth-order valence-corrected chi connectivity index (χ4v) is 3.14. The summed E-state index contributed by atoms with van der Waals surface area (Å²) in [6, 6.07) is 9.32. The minimum Gasteiger partial charge on any atom is -0.493 e. The van der Waals surface area contributed by atoms with Crippen molar-refractivity contribution < 1.29 is 18.3 Å². The van der Waals surface area contributed by atoms with E-state index in [0.29, 0.717) is 17.0 Å². The smallest absolute Gasteiger partial charge is 0.322 e. The molecule has 1 amide bonds. The zero-order valence-electron chi connectivity index (χ0n) is 14.4. The van der Waals surface area contributed by atoms with Gasteiger partial charge in [-0.05, 0) is 29.1 Å². The largest absolute Gasteiger partial charge is 0.493 e. The van der Waals surface area contributed by atoms with Crippen LogP contribution in [0.2, 0.25) is 0 Å². The van der Waals surface area contributed by atoms with E-state index >= 15 is 0 Å². The van der Waals surface area contributed by atoms with Crippen LogP contribution in [-0.4, -0.2) is 33.4 Å². The molecule has 1 aromatic carbocycles. The van der Waals surface area contributed by atoms with Crippen LogP contribution in [0.1, 0.15) is 10.5 Å². The quantitative estimate of drug-likeness (QED) is 0.548. The number of nitrogens with zero attached hydrogens (tertiary/aromatic N) is 4. The lowest BCUT2D eigenvalue weighted by molar-refractivity contribution is 0.101. The summed E-state index contributed by atoms with van der Waals surface area (Å²) < 4.78 is 24.0. The van der Waals surface area contributed by atoms with Crippen LogP contribution in [-0.2, 0) is 0 Å². The molecule has 3 heterocycles. The molecule has 3 aromatic heterocycles. The fraction of sp³-hybridized carbons (Fsp3) is 0.0556. The number of anilines is 1. The molecule has 10 heteroatoms. The number of hydrogen-bond donors (Lipinski definition) is 1. The molecule has 0 spiro atoms. The first kappa shape index (κ1) is 17.7. The van der Waals surface area contributed by atoms with Gasteiger partial charge in [0.1, 0.15) is 5.82 Å². The molecule has 28 heavy (non-hydrogen) atoms. The number of rotatable bonds is 5. The summed E-state index contributed by atoms with van der Waals surface area (Å²) in [5, 5.41) is 19.8. The van der Waals surface area contributed by atoms with Crippen molar-refractivity contribution in [2.75, 3.05) is 12.4 Å². The van der Waals surface area contributed by atoms with Crippen molar-refractivity contribution >= 4 is 23.3 Å². The third-order valence-corrected chi connectivity index (χ3v) is 4.61. The second-order valence-electron chi connectivity index (χ2n) is 5.49. The normalized spacial score (nSPS) is 10.6. The van der Waals surface area contributed by atoms with Crippen LogP contribution in [0.25, 0.3) is 21.9 Å². The molecule has 8 nitrogen and oxygen atoms in total. The topological polar surface area (TPSA) is 103 Å². The highest BCUT2D eigenvalue weighted by molar-refractivity contribution is 7.13. The van der Waals surface area contributed by atoms with Gasteiger partial charge in [0.25, 0.3) is 11.8 Å². The number of aromatic nitrogens is 4. The summed E-state index contributed by atoms with van der Waals surface area (Å²) in [5.74, 6) is -0.518. The summed E-state index contributed by atoms with van der Waals surface area (Å²) in [6.07, 6.45) is 1.43. The molecule has 0 aliphatic rings. The molecule has 0 saturated carbocycles. The van der Waals surface area contributed by atoms with Crippen LogP contribution in [0, 0.1) is 5.82 Å². The van der Waals surface area contributed by atoms with Gasteiger partial charge in [0.15, 0.2) is 11.4 Å². The SMILES string of the molecule is COc1c(-c2ccc(F)cc2)cnnc1C(=O)Nc1nnc(-c2cccs2)o1. The minimum absolute atomic E-state index is 0.0693. The van der Waals surface area contributed by atoms with E-state index in [4.69, 9.17) is 9.15 Å². The Morgan fingerprint density at radius 1 is 1.18 bits per heavy atom. The third kappa shape index (κ3) is 3.45. The van der Waals surface area contributed by atoms with E-state index < -0.39 is 5.91 Å². The maximum absolute atomic E-state index is 13.2. The van der Waals surface area contributed by atoms with E-state index in [1.165, 1.54) is 36.8 Å². The summed E-state index contributed by atoms with van der Waals surface area (Å²) in [4.78, 5) is 13.4. The van der Waals surface area contributed by atoms with Crippen molar-refractivity contribution in [3.8, 4) is 27.6 Å². The summed E-state index contributed by atoms with van der Waals surface area (Å²) in [7, 11) is 1.41. The minimum atomic E-state index is -0.630. The van der Waals surface area contributed by atoms with E-state index in [9.17, 15) is 9.18 Å². The molecular formula is C18H12FN5O3S. The number of carbonyl (C=O) groups excluding carboxylic acids is 1. The Kier molecular flexibility index (Phi) is 4.77. The molecule has 140 valence electrons. The van der Waals surface area contributed by atoms with E-state index in [1.807, 2.05) is 17.5 Å². The maximum atomic E-state index is 13.2. The highest BCUT2D eigenvalue weighted by Gasteiger charge is 2.22. The lowest BCUT2D eigenvalue weighted by Crippen LogP contribution is -2.16. The molecule has 0 unspecified atom stereocenters. The molecule has 0 bridgehead atoms. The first-order valence-corrected chi connectivity index (χ1v) is 8.88. The van der Waals surface area contributed by atoms with Gasteiger partial charge in [0, 0.05) is 5.56 Å². The molecule has 1 N–H and O–H groups in total. The average Bonchev–Trinajstić information content (AvgIpc) is 3.39. The Labute approximate surface area is 162 Å². The lowest BCUT2D eigenvalue weighted by Gasteiger charge is -2.11. The van der Waals surface area contributed by atoms with Crippen LogP contribution in [0.3, 0.4) is 0 Å². The van der Waals surface area contributed by atoms with Crippen LogP contribution in [0.4, 0.5) is 10.4 Å². The van der Waals surface area contributed by atoms with Gasteiger partial charge in [-0.25, -0.2) is 4.39 Å². The lowest BCUT2D eigenvalue weighted by atomic mass is 10.1. The number of carbonyl (C=O) groups is 1. The van der Waals surface area contributed by atoms with Gasteiger partial charge in [-0.1, -0.05) is 23.3 Å². The van der Waals surface area contributed by atoms with Crippen molar-refractivity contribution in [3.05, 3.63) is 59.5 Å². The predicted molar refractivity (Wildman–Crippen MR) is 99.5 cm³/mol. The molecule has 0 aliphatic carbocycles. The third-order valence-electron chi connectivity index (χ3n) is 3.76. The predicted octanol–water partition coefficient (Wildman–Crippen LogP) is 3.66. The zero-order chi connectivity index (χ0) is 19.5. The van der Waals surface area contributed by atoms with E-state index in [1.54, 1.807) is 12.1 Å². The number of methoxy groups -OCH3 is 1. The maximum Gasteiger partial charge on any atom is 0.322 e. The van der Waals surface area contributed by atoms with Gasteiger partial charge in [0.2, 0.25) is 0 Å². The summed E-state index contributed by atoms with van der Waals surface area (Å²) in [5.41, 5.74) is 1.05. The van der Waals surface area contributed by atoms with Crippen molar-refractivity contribution in [1.82, 2.24) is 20.4 Å². The number of benzene rings is 1. The van der Waals surface area contributed by atoms with Gasteiger partial charge in [0.05, 0.1) is 18.2 Å². The Hall–Kier alpha value is -3.66. The summed E-state index contributed by atoms with van der Waals surface area (Å²) in [6.45, 7) is 0. The Balaban J connectivity index is 1.62. The number of halogens is 1. The van der Waals surface area contributed by atoms with Crippen molar-refractivity contribution in [1.29, 1.82) is 0 Å². The molecule has 0 atom stereocenters. The highest BCUT2D eigenvalue weighted by atomic mass is 32.1. The van der Waals surface area contributed by atoms with Crippen LogP contribution in [0.5, 0.6) is 5.75 Å². The van der Waals surface area contributed by atoms with Crippen LogP contribution >= 0.6 is 11.3 Å². The Bertz CT molecular complexity index is 1110. The molecule has 0 radical (unpaired) electrons. The first-order valence-electron chi connectivity index (χ1n) is 8.00. The van der Waals surface area contributed by atoms with Crippen LogP contribution in [0.15, 0.2) is 52.4 Å². The van der Waals surface area contributed by atoms with E-state index in [2.05, 4.69) is 25.7 Å². The highest BCUT2D eigenvalue weighted by Crippen LogP contribution is 2.32. The van der Waals surface area contributed by atoms with Gasteiger partial charge < -0.3 is 9.15 Å². The van der Waals surface area contributed by atoms with Crippen LogP contribution < -0.4 is 10.1 Å². The fourth-order valence-electron chi connectivity index (χ4n) is 2.50. The van der Waals surface area contributed by atoms with Gasteiger partial charge >= 0.3 is 6.01 Å². The molecule has 0 aliphatic heterocycles. The van der Waals surface area contributed by atoms with Crippen molar-refractivity contribution in [3.63, 3.8) is 0 Å². The Morgan fingerprint density at radius 2 is 2.00 bits per heavy atom. The van der Waals surface area contributed by atoms with E-state index in [-0.39, 0.29) is 23.3 Å². The van der Waals surface area contributed by atoms with Crippen molar-refractivity contribution in [2.24, 2.45) is 0 Å². The number of hydrogen-bond acceptors (Lipinski definition) is 8. The van der Waals surface area contributed by atoms with Gasteiger partial charge in [-0.2, -0.15) is 5.10 Å². The number of ether oxygens (including phenoxy) is 1. The number of amides is 1. The number of nitrogens with one attached hydrogen (secondary N) is 1. The monoisotopic (exact) mass is 397 g/mol.